The van der Waals surface area contributed by atoms with Gasteiger partial charge in [0.25, 0.3) is 5.56 Å². The molecule has 3 aromatic rings. The molecule has 3 rings (SSSR count). The van der Waals surface area contributed by atoms with Gasteiger partial charge in [-0.05, 0) is 24.6 Å². The molecule has 0 aliphatic rings. The van der Waals surface area contributed by atoms with Crippen molar-refractivity contribution in [1.82, 2.24) is 9.55 Å². The van der Waals surface area contributed by atoms with Crippen LogP contribution in [0.3, 0.4) is 0 Å². The van der Waals surface area contributed by atoms with Gasteiger partial charge in [-0.2, -0.15) is 0 Å². The van der Waals surface area contributed by atoms with Crippen molar-refractivity contribution in [3.63, 3.8) is 0 Å². The molecule has 0 saturated heterocycles. The highest BCUT2D eigenvalue weighted by molar-refractivity contribution is 5.95. The zero-order chi connectivity index (χ0) is 23.1. The number of nitrogens with zero attached hydrogens (tertiary/aromatic N) is 2. The molecule has 3 N–H and O–H groups in total. The number of rotatable bonds is 10. The smallest absolute Gasteiger partial charge is 0.330 e. The molecule has 2 heterocycles. The van der Waals surface area contributed by atoms with Crippen molar-refractivity contribution in [3.8, 4) is 5.75 Å². The number of anilines is 2. The molecule has 0 fully saturated rings. The van der Waals surface area contributed by atoms with E-state index in [0.717, 1.165) is 6.42 Å². The van der Waals surface area contributed by atoms with Crippen LogP contribution in [0.25, 0.3) is 0 Å². The van der Waals surface area contributed by atoms with Crippen LogP contribution in [0.5, 0.6) is 5.75 Å². The average Bonchev–Trinajstić information content (AvgIpc) is 3.30. The Morgan fingerprint density at radius 2 is 2.00 bits per heavy atom. The maximum atomic E-state index is 13.3. The fraction of sp³-hybridized carbons (Fsp3) is 0.348. The van der Waals surface area contributed by atoms with Crippen LogP contribution in [0.4, 0.5) is 11.5 Å². The Balaban J connectivity index is 2.04. The van der Waals surface area contributed by atoms with E-state index in [4.69, 9.17) is 14.9 Å². The van der Waals surface area contributed by atoms with E-state index in [0.29, 0.717) is 36.5 Å². The lowest BCUT2D eigenvalue weighted by Crippen LogP contribution is -2.41. The first-order valence-corrected chi connectivity index (χ1v) is 10.5. The molecule has 0 unspecified atom stereocenters. The predicted octanol–water partition coefficient (Wildman–Crippen LogP) is 2.69. The second-order valence-electron chi connectivity index (χ2n) is 7.37. The van der Waals surface area contributed by atoms with Crippen LogP contribution in [-0.4, -0.2) is 22.6 Å². The largest absolute Gasteiger partial charge is 0.496 e. The summed E-state index contributed by atoms with van der Waals surface area (Å²) >= 11 is 0. The normalized spacial score (nSPS) is 10.8. The van der Waals surface area contributed by atoms with Gasteiger partial charge in [-0.1, -0.05) is 31.5 Å². The summed E-state index contributed by atoms with van der Waals surface area (Å²) in [5, 5.41) is 0. The van der Waals surface area contributed by atoms with Crippen LogP contribution in [0.1, 0.15) is 37.5 Å². The summed E-state index contributed by atoms with van der Waals surface area (Å²) in [6.45, 7) is 2.38. The zero-order valence-corrected chi connectivity index (χ0v) is 18.3. The zero-order valence-electron chi connectivity index (χ0n) is 18.3. The van der Waals surface area contributed by atoms with Gasteiger partial charge in [-0.25, -0.2) is 4.79 Å². The molecule has 0 atom stereocenters. The summed E-state index contributed by atoms with van der Waals surface area (Å²) in [5.74, 6) is 0.870. The van der Waals surface area contributed by atoms with Crippen LogP contribution in [0.2, 0.25) is 0 Å². The average molecular weight is 441 g/mol. The quantitative estimate of drug-likeness (QED) is 0.500. The fourth-order valence-electron chi connectivity index (χ4n) is 3.49. The number of methoxy groups -OCH3 is 1. The molecule has 170 valence electrons. The number of amides is 1. The molecular formula is C23H28N4O5. The molecule has 32 heavy (non-hydrogen) atoms. The number of furan rings is 1. The molecule has 1 amide bonds. The third-order valence-electron chi connectivity index (χ3n) is 5.21. The summed E-state index contributed by atoms with van der Waals surface area (Å²) in [6, 6.07) is 10.7. The number of aromatic amines is 1. The van der Waals surface area contributed by atoms with E-state index < -0.39 is 11.2 Å². The van der Waals surface area contributed by atoms with Crippen molar-refractivity contribution in [1.29, 1.82) is 0 Å². The Bertz CT molecular complexity index is 1160. The number of hydrogen-bond donors (Lipinski definition) is 2. The van der Waals surface area contributed by atoms with Gasteiger partial charge in [-0.3, -0.25) is 24.0 Å². The van der Waals surface area contributed by atoms with Crippen LogP contribution in [-0.2, 0) is 24.3 Å². The Hall–Kier alpha value is -3.75. The predicted molar refractivity (Wildman–Crippen MR) is 122 cm³/mol. The molecule has 0 bridgehead atoms. The standard InChI is InChI=1S/C23H28N4O5/c1-3-4-13-26-21(24)20(22(29)25-23(26)30)27(15-16-8-5-6-10-18(16)31-2)19(28)12-11-17-9-7-14-32-17/h5-10,14H,3-4,11-13,15,24H2,1-2H3,(H,25,29,30). The highest BCUT2D eigenvalue weighted by Crippen LogP contribution is 2.25. The van der Waals surface area contributed by atoms with Gasteiger partial charge < -0.3 is 14.9 Å². The number of unbranched alkanes of at least 4 members (excludes halogenated alkanes) is 1. The Morgan fingerprint density at radius 1 is 1.22 bits per heavy atom. The third kappa shape index (κ3) is 5.11. The monoisotopic (exact) mass is 440 g/mol. The number of nitrogen functional groups attached to an aromatic ring is 1. The van der Waals surface area contributed by atoms with Gasteiger partial charge in [0.15, 0.2) is 5.69 Å². The van der Waals surface area contributed by atoms with Gasteiger partial charge in [-0.15, -0.1) is 0 Å². The van der Waals surface area contributed by atoms with Crippen molar-refractivity contribution in [2.75, 3.05) is 17.7 Å². The van der Waals surface area contributed by atoms with Crippen LogP contribution < -0.4 is 26.6 Å². The number of aromatic nitrogens is 2. The molecule has 0 radical (unpaired) electrons. The lowest BCUT2D eigenvalue weighted by Gasteiger charge is -2.25. The van der Waals surface area contributed by atoms with E-state index in [9.17, 15) is 14.4 Å². The van der Waals surface area contributed by atoms with Gasteiger partial charge in [0, 0.05) is 24.9 Å². The first-order chi connectivity index (χ1) is 15.5. The minimum absolute atomic E-state index is 0.0338. The topological polar surface area (TPSA) is 124 Å². The van der Waals surface area contributed by atoms with E-state index in [2.05, 4.69) is 4.98 Å². The second-order valence-corrected chi connectivity index (χ2v) is 7.37. The summed E-state index contributed by atoms with van der Waals surface area (Å²) in [7, 11) is 1.54. The summed E-state index contributed by atoms with van der Waals surface area (Å²) < 4.78 is 12.0. The van der Waals surface area contributed by atoms with E-state index in [-0.39, 0.29) is 30.4 Å². The number of carbonyl (C=O) groups is 1. The lowest BCUT2D eigenvalue weighted by molar-refractivity contribution is -0.118. The maximum Gasteiger partial charge on any atom is 0.330 e. The van der Waals surface area contributed by atoms with Crippen LogP contribution >= 0.6 is 0 Å². The molecule has 1 aromatic carbocycles. The second kappa shape index (κ2) is 10.5. The Kier molecular flexibility index (Phi) is 7.54. The fourth-order valence-corrected chi connectivity index (χ4v) is 3.49. The lowest BCUT2D eigenvalue weighted by atomic mass is 10.1. The number of hydrogen-bond acceptors (Lipinski definition) is 6. The van der Waals surface area contributed by atoms with Crippen molar-refractivity contribution in [2.24, 2.45) is 0 Å². The number of carbonyl (C=O) groups excluding carboxylic acids is 1. The summed E-state index contributed by atoms with van der Waals surface area (Å²) in [6.07, 6.45) is 3.54. The molecule has 0 saturated carbocycles. The van der Waals surface area contributed by atoms with Gasteiger partial charge in [0.1, 0.15) is 17.3 Å². The Morgan fingerprint density at radius 3 is 2.69 bits per heavy atom. The number of aryl methyl sites for hydroxylation is 1. The van der Waals surface area contributed by atoms with E-state index in [1.54, 1.807) is 24.5 Å². The number of H-pyrrole nitrogens is 1. The van der Waals surface area contributed by atoms with Gasteiger partial charge in [0.05, 0.1) is 19.9 Å². The van der Waals surface area contributed by atoms with E-state index >= 15 is 0 Å². The molecule has 2 aromatic heterocycles. The number of nitrogens with two attached hydrogens (primary N) is 1. The highest BCUT2D eigenvalue weighted by atomic mass is 16.5. The van der Waals surface area contributed by atoms with Crippen molar-refractivity contribution < 1.29 is 13.9 Å². The van der Waals surface area contributed by atoms with Crippen LogP contribution in [0.15, 0.2) is 56.7 Å². The van der Waals surface area contributed by atoms with E-state index in [1.807, 2.05) is 25.1 Å². The third-order valence-corrected chi connectivity index (χ3v) is 5.21. The minimum Gasteiger partial charge on any atom is -0.496 e. The van der Waals surface area contributed by atoms with Gasteiger partial charge in [0.2, 0.25) is 5.91 Å². The molecule has 0 spiro atoms. The molecule has 9 nitrogen and oxygen atoms in total. The van der Waals surface area contributed by atoms with Crippen LogP contribution in [0, 0.1) is 0 Å². The number of ether oxygens (including phenoxy) is 1. The molecule has 9 heteroatoms. The number of benzene rings is 1. The Labute approximate surface area is 185 Å². The number of nitrogens with one attached hydrogen (secondary N) is 1. The highest BCUT2D eigenvalue weighted by Gasteiger charge is 2.25. The van der Waals surface area contributed by atoms with Crippen molar-refractivity contribution in [3.05, 3.63) is 74.8 Å². The molecular weight excluding hydrogens is 412 g/mol. The first-order valence-electron chi connectivity index (χ1n) is 10.5. The molecule has 0 aliphatic heterocycles. The summed E-state index contributed by atoms with van der Waals surface area (Å²) in [5.41, 5.74) is 5.63. The first kappa shape index (κ1) is 22.9. The minimum atomic E-state index is -0.707. The van der Waals surface area contributed by atoms with Gasteiger partial charge >= 0.3 is 5.69 Å². The van der Waals surface area contributed by atoms with Crippen molar-refractivity contribution >= 4 is 17.4 Å². The molecule has 0 aliphatic carbocycles. The maximum absolute atomic E-state index is 13.3. The van der Waals surface area contributed by atoms with E-state index in [1.165, 1.54) is 16.6 Å². The van der Waals surface area contributed by atoms with Crippen molar-refractivity contribution in [2.45, 2.75) is 45.7 Å². The number of para-hydroxylation sites is 1. The SMILES string of the molecule is CCCCn1c(N)c(N(Cc2ccccc2OC)C(=O)CCc2ccco2)c(=O)[nH]c1=O. The summed E-state index contributed by atoms with van der Waals surface area (Å²) in [4.78, 5) is 42.1.